The number of alkyl halides is 3. The summed E-state index contributed by atoms with van der Waals surface area (Å²) < 4.78 is 40.1. The van der Waals surface area contributed by atoms with Gasteiger partial charge in [-0.1, -0.05) is 17.8 Å². The van der Waals surface area contributed by atoms with E-state index >= 15 is 0 Å². The molecule has 4 N–H and O–H groups in total. The quantitative estimate of drug-likeness (QED) is 0.301. The molecule has 0 bridgehead atoms. The van der Waals surface area contributed by atoms with Gasteiger partial charge in [-0.2, -0.15) is 13.2 Å². The van der Waals surface area contributed by atoms with Crippen LogP contribution in [-0.4, -0.2) is 29.0 Å². The van der Waals surface area contributed by atoms with Crippen LogP contribution in [-0.2, 0) is 12.6 Å². The highest BCUT2D eigenvalue weighted by molar-refractivity contribution is 7.99. The third-order valence-corrected chi connectivity index (χ3v) is 7.81. The van der Waals surface area contributed by atoms with Gasteiger partial charge in [-0.15, -0.1) is 11.3 Å². The first-order chi connectivity index (χ1) is 16.1. The van der Waals surface area contributed by atoms with Gasteiger partial charge in [-0.3, -0.25) is 4.79 Å². The van der Waals surface area contributed by atoms with Crippen molar-refractivity contribution in [2.24, 2.45) is 5.73 Å². The standard InChI is InChI=1S/C25H22F3NO3S2/c26-25(27,28)16-2-4-17(5-3-16)33-18-6-8-22-20(12-18)23(32)19-11-15(1-7-21(19)34-22)9-10-24(29,13-30)14-31/h1-8,11-12,30-31H,9-10,13-14,29H2. The lowest BCUT2D eigenvalue weighted by molar-refractivity contribution is -0.137. The summed E-state index contributed by atoms with van der Waals surface area (Å²) in [7, 11) is 0. The normalized spacial score (nSPS) is 12.5. The summed E-state index contributed by atoms with van der Waals surface area (Å²) in [5, 5.41) is 19.9. The predicted molar refractivity (Wildman–Crippen MR) is 131 cm³/mol. The van der Waals surface area contributed by atoms with E-state index in [1.165, 1.54) is 35.2 Å². The average molecular weight is 506 g/mol. The van der Waals surface area contributed by atoms with Crippen molar-refractivity contribution in [3.8, 4) is 0 Å². The Kier molecular flexibility index (Phi) is 7.02. The number of rotatable bonds is 7. The summed E-state index contributed by atoms with van der Waals surface area (Å²) in [4.78, 5) is 14.7. The van der Waals surface area contributed by atoms with Crippen molar-refractivity contribution in [2.75, 3.05) is 13.2 Å². The number of hydrogen-bond acceptors (Lipinski definition) is 6. The zero-order valence-corrected chi connectivity index (χ0v) is 19.6. The van der Waals surface area contributed by atoms with Crippen LogP contribution in [0.2, 0.25) is 0 Å². The molecule has 1 aromatic heterocycles. The van der Waals surface area contributed by atoms with Crippen LogP contribution in [0, 0.1) is 0 Å². The fourth-order valence-corrected chi connectivity index (χ4v) is 5.44. The summed E-state index contributed by atoms with van der Waals surface area (Å²) in [6, 6.07) is 16.0. The molecule has 4 rings (SSSR count). The van der Waals surface area contributed by atoms with Gasteiger partial charge in [0.25, 0.3) is 0 Å². The molecule has 4 nitrogen and oxygen atoms in total. The van der Waals surface area contributed by atoms with E-state index in [9.17, 15) is 28.2 Å². The molecule has 178 valence electrons. The second-order valence-corrected chi connectivity index (χ2v) is 10.5. The van der Waals surface area contributed by atoms with Crippen LogP contribution in [0.3, 0.4) is 0 Å². The molecule has 0 atom stereocenters. The van der Waals surface area contributed by atoms with Crippen molar-refractivity contribution in [1.82, 2.24) is 0 Å². The minimum absolute atomic E-state index is 0.121. The molecule has 0 unspecified atom stereocenters. The van der Waals surface area contributed by atoms with E-state index in [0.717, 1.165) is 32.0 Å². The van der Waals surface area contributed by atoms with E-state index < -0.39 is 17.3 Å². The monoisotopic (exact) mass is 505 g/mol. The van der Waals surface area contributed by atoms with Gasteiger partial charge in [0.15, 0.2) is 5.43 Å². The number of hydrogen-bond donors (Lipinski definition) is 3. The van der Waals surface area contributed by atoms with Gasteiger partial charge in [0.1, 0.15) is 0 Å². The van der Waals surface area contributed by atoms with Crippen LogP contribution in [0.1, 0.15) is 17.5 Å². The molecule has 0 aliphatic rings. The zero-order valence-electron chi connectivity index (χ0n) is 17.9. The Balaban J connectivity index is 1.64. The lowest BCUT2D eigenvalue weighted by atomic mass is 9.93. The number of aryl methyl sites for hydroxylation is 1. The van der Waals surface area contributed by atoms with E-state index in [4.69, 9.17) is 5.73 Å². The van der Waals surface area contributed by atoms with Gasteiger partial charge in [0.05, 0.1) is 24.3 Å². The molecule has 34 heavy (non-hydrogen) atoms. The van der Waals surface area contributed by atoms with Gasteiger partial charge >= 0.3 is 6.18 Å². The zero-order chi connectivity index (χ0) is 24.5. The molecule has 9 heteroatoms. The number of benzene rings is 3. The lowest BCUT2D eigenvalue weighted by Gasteiger charge is -2.24. The highest BCUT2D eigenvalue weighted by atomic mass is 32.2. The highest BCUT2D eigenvalue weighted by Gasteiger charge is 2.30. The number of halogens is 3. The first-order valence-corrected chi connectivity index (χ1v) is 12.1. The van der Waals surface area contributed by atoms with Crippen molar-refractivity contribution in [1.29, 1.82) is 0 Å². The number of nitrogens with two attached hydrogens (primary N) is 1. The molecular formula is C25H22F3NO3S2. The van der Waals surface area contributed by atoms with Crippen molar-refractivity contribution in [3.05, 3.63) is 82.0 Å². The third-order valence-electron chi connectivity index (χ3n) is 5.66. The molecule has 4 aromatic rings. The van der Waals surface area contributed by atoms with E-state index in [0.29, 0.717) is 28.5 Å². The SMILES string of the molecule is NC(CO)(CO)CCc1ccc2sc3ccc(Sc4ccc(C(F)(F)F)cc4)cc3c(=O)c2c1. The second-order valence-electron chi connectivity index (χ2n) is 8.22. The Bertz CT molecular complexity index is 1380. The molecule has 0 fully saturated rings. The Hall–Kier alpha value is -2.43. The maximum Gasteiger partial charge on any atom is 0.416 e. The summed E-state index contributed by atoms with van der Waals surface area (Å²) in [6.07, 6.45) is -3.52. The van der Waals surface area contributed by atoms with Crippen molar-refractivity contribution in [3.63, 3.8) is 0 Å². The number of fused-ring (bicyclic) bond motifs is 2. The molecular weight excluding hydrogens is 483 g/mol. The van der Waals surface area contributed by atoms with E-state index in [1.54, 1.807) is 6.07 Å². The van der Waals surface area contributed by atoms with E-state index in [2.05, 4.69) is 0 Å². The van der Waals surface area contributed by atoms with Gasteiger partial charge in [0.2, 0.25) is 0 Å². The third kappa shape index (κ3) is 5.29. The van der Waals surface area contributed by atoms with Gasteiger partial charge in [-0.25, -0.2) is 0 Å². The average Bonchev–Trinajstić information content (AvgIpc) is 2.83. The maximum atomic E-state index is 13.3. The Morgan fingerprint density at radius 2 is 1.44 bits per heavy atom. The second kappa shape index (κ2) is 9.67. The lowest BCUT2D eigenvalue weighted by Crippen LogP contribution is -2.47. The first-order valence-electron chi connectivity index (χ1n) is 10.5. The fourth-order valence-electron chi connectivity index (χ4n) is 3.55. The molecule has 0 radical (unpaired) electrons. The van der Waals surface area contributed by atoms with Crippen molar-refractivity contribution >= 4 is 43.3 Å². The van der Waals surface area contributed by atoms with Crippen LogP contribution >= 0.6 is 23.1 Å². The summed E-state index contributed by atoms with van der Waals surface area (Å²) >= 11 is 2.78. The van der Waals surface area contributed by atoms with Crippen LogP contribution in [0.4, 0.5) is 13.2 Å². The fraction of sp³-hybridized carbons (Fsp3) is 0.240. The summed E-state index contributed by atoms with van der Waals surface area (Å²) in [5.74, 6) is 0. The summed E-state index contributed by atoms with van der Waals surface area (Å²) in [5.41, 5.74) is 4.93. The van der Waals surface area contributed by atoms with Gasteiger partial charge < -0.3 is 15.9 Å². The molecule has 0 saturated heterocycles. The molecule has 1 heterocycles. The molecule has 0 amide bonds. The minimum atomic E-state index is -4.38. The molecule has 3 aromatic carbocycles. The topological polar surface area (TPSA) is 83.6 Å². The van der Waals surface area contributed by atoms with Crippen LogP contribution in [0.5, 0.6) is 0 Å². The largest absolute Gasteiger partial charge is 0.416 e. The van der Waals surface area contributed by atoms with Crippen LogP contribution < -0.4 is 11.2 Å². The molecule has 0 spiro atoms. The Morgan fingerprint density at radius 1 is 0.853 bits per heavy atom. The van der Waals surface area contributed by atoms with E-state index in [1.807, 2.05) is 30.3 Å². The van der Waals surface area contributed by atoms with Crippen molar-refractivity contribution < 1.29 is 23.4 Å². The minimum Gasteiger partial charge on any atom is -0.394 e. The van der Waals surface area contributed by atoms with E-state index in [-0.39, 0.29) is 18.6 Å². The molecule has 0 saturated carbocycles. The maximum absolute atomic E-state index is 13.3. The smallest absolute Gasteiger partial charge is 0.394 e. The van der Waals surface area contributed by atoms with Gasteiger partial charge in [0, 0.05) is 30.0 Å². The number of aliphatic hydroxyl groups excluding tert-OH is 2. The Labute approximate surface area is 201 Å². The van der Waals surface area contributed by atoms with Crippen LogP contribution in [0.25, 0.3) is 20.2 Å². The number of aliphatic hydroxyl groups is 2. The summed E-state index contributed by atoms with van der Waals surface area (Å²) in [6.45, 7) is -0.675. The highest BCUT2D eigenvalue weighted by Crippen LogP contribution is 2.35. The molecule has 0 aliphatic heterocycles. The van der Waals surface area contributed by atoms with Crippen molar-refractivity contribution in [2.45, 2.75) is 34.3 Å². The molecule has 0 aliphatic carbocycles. The van der Waals surface area contributed by atoms with Gasteiger partial charge in [-0.05, 0) is 73.0 Å². The predicted octanol–water partition coefficient (Wildman–Crippen LogP) is 5.20. The first kappa shape index (κ1) is 24.7. The van der Waals surface area contributed by atoms with Crippen LogP contribution in [0.15, 0.2) is 75.2 Å². The Morgan fingerprint density at radius 3 is 2.06 bits per heavy atom.